The van der Waals surface area contributed by atoms with Crippen molar-refractivity contribution < 1.29 is 27.6 Å². The van der Waals surface area contributed by atoms with Crippen LogP contribution in [0.3, 0.4) is 0 Å². The van der Waals surface area contributed by atoms with Crippen LogP contribution in [-0.4, -0.2) is 16.9 Å². The maximum atomic E-state index is 12.8. The molecular weight excluding hydrogens is 337 g/mol. The maximum absolute atomic E-state index is 12.8. The number of halogens is 4. The van der Waals surface area contributed by atoms with Crippen LogP contribution < -0.4 is 5.48 Å². The monoisotopic (exact) mass is 344 g/mol. The van der Waals surface area contributed by atoms with Gasteiger partial charge in [0.2, 0.25) is 0 Å². The summed E-state index contributed by atoms with van der Waals surface area (Å²) in [7, 11) is 0. The third-order valence-corrected chi connectivity index (χ3v) is 3.03. The van der Waals surface area contributed by atoms with Crippen LogP contribution in [0.15, 0.2) is 42.7 Å². The first-order chi connectivity index (χ1) is 10.8. The van der Waals surface area contributed by atoms with Gasteiger partial charge in [0.25, 0.3) is 5.91 Å². The quantitative estimate of drug-likeness (QED) is 0.849. The molecule has 23 heavy (non-hydrogen) atoms. The normalized spacial score (nSPS) is 11.0. The predicted octanol–water partition coefficient (Wildman–Crippen LogP) is 3.26. The fourth-order valence-corrected chi connectivity index (χ4v) is 1.86. The van der Waals surface area contributed by atoms with E-state index in [0.29, 0.717) is 6.07 Å². The average molecular weight is 345 g/mol. The fourth-order valence-electron chi connectivity index (χ4n) is 1.65. The molecule has 1 aromatic heterocycles. The number of nitrogens with zero attached hydrogens (tertiary/aromatic N) is 1. The maximum Gasteiger partial charge on any atom is 0.417 e. The first-order valence-corrected chi connectivity index (χ1v) is 6.45. The summed E-state index contributed by atoms with van der Waals surface area (Å²) in [5.41, 5.74) is -0.362. The van der Waals surface area contributed by atoms with Crippen molar-refractivity contribution in [1.29, 1.82) is 0 Å². The van der Waals surface area contributed by atoms with Gasteiger partial charge >= 0.3 is 12.1 Å². The van der Waals surface area contributed by atoms with E-state index in [0.717, 1.165) is 12.4 Å². The lowest BCUT2D eigenvalue weighted by atomic mass is 10.1. The van der Waals surface area contributed by atoms with Gasteiger partial charge in [0.15, 0.2) is 0 Å². The van der Waals surface area contributed by atoms with Gasteiger partial charge in [-0.1, -0.05) is 23.7 Å². The van der Waals surface area contributed by atoms with E-state index in [2.05, 4.69) is 9.82 Å². The molecule has 0 saturated heterocycles. The number of hydroxylamine groups is 1. The van der Waals surface area contributed by atoms with Gasteiger partial charge in [-0.3, -0.25) is 9.78 Å². The molecule has 9 heteroatoms. The van der Waals surface area contributed by atoms with E-state index >= 15 is 0 Å². The highest BCUT2D eigenvalue weighted by atomic mass is 35.5. The number of amides is 1. The van der Waals surface area contributed by atoms with Gasteiger partial charge in [-0.2, -0.15) is 18.7 Å². The highest BCUT2D eigenvalue weighted by molar-refractivity contribution is 6.33. The van der Waals surface area contributed by atoms with E-state index in [1.54, 1.807) is 11.5 Å². The van der Waals surface area contributed by atoms with E-state index in [1.807, 2.05) is 0 Å². The SMILES string of the molecule is O=C(ONC(=O)c1cnccc1C(F)(F)F)c1ccccc1Cl. The van der Waals surface area contributed by atoms with Gasteiger partial charge in [0.1, 0.15) is 0 Å². The Bertz CT molecular complexity index is 750. The van der Waals surface area contributed by atoms with Crippen LogP contribution in [-0.2, 0) is 11.0 Å². The summed E-state index contributed by atoms with van der Waals surface area (Å²) >= 11 is 5.76. The van der Waals surface area contributed by atoms with E-state index in [1.165, 1.54) is 18.2 Å². The van der Waals surface area contributed by atoms with Gasteiger partial charge in [-0.05, 0) is 18.2 Å². The number of pyridine rings is 1. The third kappa shape index (κ3) is 3.98. The minimum absolute atomic E-state index is 0.0447. The summed E-state index contributed by atoms with van der Waals surface area (Å²) in [6, 6.07) is 6.48. The summed E-state index contributed by atoms with van der Waals surface area (Å²) in [4.78, 5) is 31.4. The number of hydrogen-bond acceptors (Lipinski definition) is 4. The molecule has 2 rings (SSSR count). The van der Waals surface area contributed by atoms with Crippen molar-refractivity contribution in [3.8, 4) is 0 Å². The molecule has 1 heterocycles. The smallest absolute Gasteiger partial charge is 0.335 e. The van der Waals surface area contributed by atoms with Crippen molar-refractivity contribution >= 4 is 23.5 Å². The van der Waals surface area contributed by atoms with Gasteiger partial charge < -0.3 is 4.84 Å². The number of hydrogen-bond donors (Lipinski definition) is 1. The molecule has 0 spiro atoms. The summed E-state index contributed by atoms with van der Waals surface area (Å²) in [5.74, 6) is -2.27. The molecule has 0 unspecified atom stereocenters. The molecule has 0 radical (unpaired) electrons. The van der Waals surface area contributed by atoms with Crippen LogP contribution in [0.5, 0.6) is 0 Å². The van der Waals surface area contributed by atoms with Gasteiger partial charge in [0.05, 0.1) is 21.7 Å². The molecule has 2 aromatic rings. The molecule has 1 aromatic carbocycles. The summed E-state index contributed by atoms with van der Waals surface area (Å²) in [6.07, 6.45) is -3.13. The molecule has 0 atom stereocenters. The van der Waals surface area contributed by atoms with Crippen LogP contribution in [0, 0.1) is 0 Å². The second-order valence-electron chi connectivity index (χ2n) is 4.22. The predicted molar refractivity (Wildman–Crippen MR) is 73.6 cm³/mol. The lowest BCUT2D eigenvalue weighted by molar-refractivity contribution is -0.138. The van der Waals surface area contributed by atoms with E-state index < -0.39 is 29.2 Å². The van der Waals surface area contributed by atoms with Crippen molar-refractivity contribution in [2.45, 2.75) is 6.18 Å². The average Bonchev–Trinajstić information content (AvgIpc) is 2.52. The number of carbonyl (C=O) groups is 2. The molecule has 0 bridgehead atoms. The summed E-state index contributed by atoms with van der Waals surface area (Å²) in [6.45, 7) is 0. The van der Waals surface area contributed by atoms with Crippen molar-refractivity contribution in [2.24, 2.45) is 0 Å². The van der Waals surface area contributed by atoms with Crippen LogP contribution in [0.25, 0.3) is 0 Å². The minimum Gasteiger partial charge on any atom is -0.335 e. The first kappa shape index (κ1) is 16.8. The number of carbonyl (C=O) groups excluding carboxylic acids is 2. The Hall–Kier alpha value is -2.61. The summed E-state index contributed by atoms with van der Waals surface area (Å²) < 4.78 is 38.4. The molecule has 120 valence electrons. The Labute approximate surface area is 133 Å². The first-order valence-electron chi connectivity index (χ1n) is 6.08. The topological polar surface area (TPSA) is 68.3 Å². The van der Waals surface area contributed by atoms with Crippen LogP contribution >= 0.6 is 11.6 Å². The van der Waals surface area contributed by atoms with Crippen molar-refractivity contribution in [3.05, 3.63) is 64.4 Å². The highest BCUT2D eigenvalue weighted by Crippen LogP contribution is 2.31. The third-order valence-electron chi connectivity index (χ3n) is 2.70. The molecule has 0 fully saturated rings. The highest BCUT2D eigenvalue weighted by Gasteiger charge is 2.35. The van der Waals surface area contributed by atoms with Gasteiger partial charge in [0, 0.05) is 12.4 Å². The van der Waals surface area contributed by atoms with Gasteiger partial charge in [-0.15, -0.1) is 0 Å². The molecule has 0 aliphatic rings. The molecule has 0 aliphatic carbocycles. The zero-order valence-electron chi connectivity index (χ0n) is 11.2. The Kier molecular flexibility index (Phi) is 4.85. The van der Waals surface area contributed by atoms with E-state index in [9.17, 15) is 22.8 Å². The Morgan fingerprint density at radius 3 is 2.48 bits per heavy atom. The number of nitrogens with one attached hydrogen (secondary N) is 1. The van der Waals surface area contributed by atoms with Crippen LogP contribution in [0.2, 0.25) is 5.02 Å². The second kappa shape index (κ2) is 6.66. The molecule has 1 amide bonds. The number of rotatable bonds is 2. The summed E-state index contributed by atoms with van der Waals surface area (Å²) in [5, 5.41) is 0.0732. The molecule has 0 aliphatic heterocycles. The van der Waals surface area contributed by atoms with Crippen LogP contribution in [0.4, 0.5) is 13.2 Å². The molecular formula is C14H8ClF3N2O3. The second-order valence-corrected chi connectivity index (χ2v) is 4.63. The minimum atomic E-state index is -4.75. The van der Waals surface area contributed by atoms with Crippen molar-refractivity contribution in [3.63, 3.8) is 0 Å². The number of benzene rings is 1. The van der Waals surface area contributed by atoms with Crippen molar-refractivity contribution in [2.75, 3.05) is 0 Å². The zero-order valence-corrected chi connectivity index (χ0v) is 12.0. The zero-order chi connectivity index (χ0) is 17.0. The standard InChI is InChI=1S/C14H8ClF3N2O3/c15-11-4-2-1-3-8(11)13(22)23-20-12(21)9-7-19-6-5-10(9)14(16,17)18/h1-7H,(H,20,21). The Balaban J connectivity index is 2.12. The molecule has 0 saturated carbocycles. The Morgan fingerprint density at radius 2 is 1.83 bits per heavy atom. The number of aromatic nitrogens is 1. The van der Waals surface area contributed by atoms with Crippen molar-refractivity contribution in [1.82, 2.24) is 10.5 Å². The van der Waals surface area contributed by atoms with Gasteiger partial charge in [-0.25, -0.2) is 4.79 Å². The lowest BCUT2D eigenvalue weighted by Gasteiger charge is -2.12. The number of alkyl halides is 3. The van der Waals surface area contributed by atoms with Crippen LogP contribution in [0.1, 0.15) is 26.3 Å². The van der Waals surface area contributed by atoms with E-state index in [4.69, 9.17) is 11.6 Å². The largest absolute Gasteiger partial charge is 0.417 e. The Morgan fingerprint density at radius 1 is 1.13 bits per heavy atom. The fraction of sp³-hybridized carbons (Fsp3) is 0.0714. The lowest BCUT2D eigenvalue weighted by Crippen LogP contribution is -2.29. The van der Waals surface area contributed by atoms with E-state index in [-0.39, 0.29) is 10.6 Å². The molecule has 1 N–H and O–H groups in total. The molecule has 5 nitrogen and oxygen atoms in total.